The fraction of sp³-hybridized carbons (Fsp3) is 0.476. The van der Waals surface area contributed by atoms with Crippen molar-refractivity contribution in [2.45, 2.75) is 57.8 Å². The van der Waals surface area contributed by atoms with Crippen molar-refractivity contribution in [3.63, 3.8) is 0 Å². The van der Waals surface area contributed by atoms with Gasteiger partial charge in [0.25, 0.3) is 0 Å². The average molecular weight is 358 g/mol. The van der Waals surface area contributed by atoms with Gasteiger partial charge in [-0.3, -0.25) is 14.4 Å². The summed E-state index contributed by atoms with van der Waals surface area (Å²) in [6.07, 6.45) is 9.57. The molecule has 0 saturated heterocycles. The number of benzene rings is 1. The molecule has 2 rings (SSSR count). The first-order valence-corrected chi connectivity index (χ1v) is 9.34. The predicted molar refractivity (Wildman–Crippen MR) is 98.3 cm³/mol. The molecule has 0 atom stereocenters. The zero-order valence-electron chi connectivity index (χ0n) is 15.0. The third-order valence-corrected chi connectivity index (χ3v) is 4.47. The minimum Gasteiger partial charge on any atom is -0.489 e. The third kappa shape index (κ3) is 6.14. The minimum absolute atomic E-state index is 0.145. The molecule has 1 N–H and O–H groups in total. The summed E-state index contributed by atoms with van der Waals surface area (Å²) < 4.78 is 5.54. The standard InChI is InChI=1S/C21H26O5/c22-18-15-19(21(25)17-12-9-8-11-16(17)18)26-14-10-6-4-2-1-3-5-7-13-20(23)24/h8-9,11-12,15H,1-7,10,13-14H2,(H,23,24). The van der Waals surface area contributed by atoms with E-state index in [0.717, 1.165) is 51.4 Å². The van der Waals surface area contributed by atoms with E-state index in [1.54, 1.807) is 24.3 Å². The second kappa shape index (κ2) is 10.5. The predicted octanol–water partition coefficient (Wildman–Crippen LogP) is 4.56. The van der Waals surface area contributed by atoms with E-state index < -0.39 is 5.97 Å². The number of hydrogen-bond acceptors (Lipinski definition) is 4. The summed E-state index contributed by atoms with van der Waals surface area (Å²) in [6.45, 7) is 0.436. The minimum atomic E-state index is -0.721. The third-order valence-electron chi connectivity index (χ3n) is 4.47. The van der Waals surface area contributed by atoms with E-state index in [9.17, 15) is 14.4 Å². The number of carbonyl (C=O) groups is 3. The van der Waals surface area contributed by atoms with Crippen LogP contribution in [0.3, 0.4) is 0 Å². The second-order valence-electron chi connectivity index (χ2n) is 6.57. The van der Waals surface area contributed by atoms with Crippen LogP contribution in [0.2, 0.25) is 0 Å². The monoisotopic (exact) mass is 358 g/mol. The maximum atomic E-state index is 12.3. The molecular weight excluding hydrogens is 332 g/mol. The average Bonchev–Trinajstić information content (AvgIpc) is 2.63. The van der Waals surface area contributed by atoms with Gasteiger partial charge in [0, 0.05) is 23.6 Å². The van der Waals surface area contributed by atoms with E-state index in [1.807, 2.05) is 0 Å². The summed E-state index contributed by atoms with van der Waals surface area (Å²) in [5, 5.41) is 8.55. The first-order chi connectivity index (χ1) is 12.6. The Kier molecular flexibility index (Phi) is 8.06. The lowest BCUT2D eigenvalue weighted by molar-refractivity contribution is -0.137. The van der Waals surface area contributed by atoms with Crippen molar-refractivity contribution < 1.29 is 24.2 Å². The Morgan fingerprint density at radius 1 is 0.846 bits per heavy atom. The van der Waals surface area contributed by atoms with Gasteiger partial charge < -0.3 is 9.84 Å². The molecule has 0 radical (unpaired) electrons. The summed E-state index contributed by atoms with van der Waals surface area (Å²) in [4.78, 5) is 34.7. The van der Waals surface area contributed by atoms with Crippen LogP contribution < -0.4 is 0 Å². The molecule has 140 valence electrons. The Morgan fingerprint density at radius 2 is 1.42 bits per heavy atom. The molecule has 1 aliphatic carbocycles. The number of hydrogen-bond donors (Lipinski definition) is 1. The SMILES string of the molecule is O=C(O)CCCCCCCCCCOC1=CC(=O)c2ccccc2C1=O. The topological polar surface area (TPSA) is 80.7 Å². The normalized spacial score (nSPS) is 13.3. The molecule has 26 heavy (non-hydrogen) atoms. The summed E-state index contributed by atoms with van der Waals surface area (Å²) in [5.74, 6) is -0.978. The second-order valence-corrected chi connectivity index (χ2v) is 6.57. The van der Waals surface area contributed by atoms with Crippen LogP contribution in [0, 0.1) is 0 Å². The number of unbranched alkanes of at least 4 members (excludes halogenated alkanes) is 7. The number of ketones is 2. The van der Waals surface area contributed by atoms with Crippen LogP contribution in [0.4, 0.5) is 0 Å². The van der Waals surface area contributed by atoms with Gasteiger partial charge in [-0.05, 0) is 12.8 Å². The molecule has 1 aromatic carbocycles. The van der Waals surface area contributed by atoms with E-state index in [2.05, 4.69) is 0 Å². The molecular formula is C21H26O5. The largest absolute Gasteiger partial charge is 0.489 e. The Balaban J connectivity index is 1.56. The highest BCUT2D eigenvalue weighted by Crippen LogP contribution is 2.22. The van der Waals surface area contributed by atoms with Crippen LogP contribution in [0.15, 0.2) is 36.1 Å². The van der Waals surface area contributed by atoms with Gasteiger partial charge in [-0.1, -0.05) is 62.8 Å². The number of ether oxygens (including phenoxy) is 1. The van der Waals surface area contributed by atoms with Crippen molar-refractivity contribution in [1.82, 2.24) is 0 Å². The molecule has 5 nitrogen and oxygen atoms in total. The van der Waals surface area contributed by atoms with E-state index in [-0.39, 0.29) is 23.7 Å². The van der Waals surface area contributed by atoms with Crippen molar-refractivity contribution >= 4 is 17.5 Å². The van der Waals surface area contributed by atoms with Crippen LogP contribution in [0.5, 0.6) is 0 Å². The molecule has 0 heterocycles. The lowest BCUT2D eigenvalue weighted by atomic mass is 9.94. The van der Waals surface area contributed by atoms with Crippen molar-refractivity contribution in [3.8, 4) is 0 Å². The summed E-state index contributed by atoms with van der Waals surface area (Å²) >= 11 is 0. The van der Waals surface area contributed by atoms with Crippen molar-refractivity contribution in [2.24, 2.45) is 0 Å². The van der Waals surface area contributed by atoms with Gasteiger partial charge in [0.05, 0.1) is 6.61 Å². The van der Waals surface area contributed by atoms with Crippen LogP contribution in [0.25, 0.3) is 0 Å². The Hall–Kier alpha value is -2.43. The molecule has 0 spiro atoms. The Bertz CT molecular complexity index is 675. The van der Waals surface area contributed by atoms with Gasteiger partial charge in [-0.2, -0.15) is 0 Å². The number of allylic oxidation sites excluding steroid dienone is 2. The number of rotatable bonds is 12. The number of fused-ring (bicyclic) bond motifs is 1. The number of carboxylic acids is 1. The zero-order chi connectivity index (χ0) is 18.8. The molecule has 0 saturated carbocycles. The molecule has 0 fully saturated rings. The number of aliphatic carboxylic acids is 1. The number of Topliss-reactive ketones (excluding diaryl/α,β-unsaturated/α-hetero) is 1. The lowest BCUT2D eigenvalue weighted by Crippen LogP contribution is -2.18. The number of carboxylic acid groups (broad SMARTS) is 1. The van der Waals surface area contributed by atoms with Gasteiger partial charge in [-0.15, -0.1) is 0 Å². The fourth-order valence-electron chi connectivity index (χ4n) is 3.02. The molecule has 0 amide bonds. The quantitative estimate of drug-likeness (QED) is 0.554. The summed E-state index contributed by atoms with van der Waals surface area (Å²) in [7, 11) is 0. The van der Waals surface area contributed by atoms with Crippen LogP contribution >= 0.6 is 0 Å². The molecule has 0 aromatic heterocycles. The number of carbonyl (C=O) groups excluding carboxylic acids is 2. The molecule has 1 aliphatic rings. The smallest absolute Gasteiger partial charge is 0.303 e. The van der Waals surface area contributed by atoms with Crippen LogP contribution in [-0.2, 0) is 9.53 Å². The van der Waals surface area contributed by atoms with Crippen LogP contribution in [-0.4, -0.2) is 29.2 Å². The zero-order valence-corrected chi connectivity index (χ0v) is 15.0. The first-order valence-electron chi connectivity index (χ1n) is 9.34. The van der Waals surface area contributed by atoms with Gasteiger partial charge in [-0.25, -0.2) is 0 Å². The van der Waals surface area contributed by atoms with E-state index in [0.29, 0.717) is 17.7 Å². The molecule has 0 unspecified atom stereocenters. The highest BCUT2D eigenvalue weighted by Gasteiger charge is 2.26. The summed E-state index contributed by atoms with van der Waals surface area (Å²) in [6, 6.07) is 6.80. The maximum Gasteiger partial charge on any atom is 0.303 e. The van der Waals surface area contributed by atoms with Gasteiger partial charge in [0.2, 0.25) is 5.78 Å². The first kappa shape index (κ1) is 19.9. The fourth-order valence-corrected chi connectivity index (χ4v) is 3.02. The molecule has 1 aromatic rings. The maximum absolute atomic E-state index is 12.3. The van der Waals surface area contributed by atoms with Gasteiger partial charge >= 0.3 is 5.97 Å². The Morgan fingerprint density at radius 3 is 2.08 bits per heavy atom. The van der Waals surface area contributed by atoms with Crippen molar-refractivity contribution in [3.05, 3.63) is 47.2 Å². The van der Waals surface area contributed by atoms with Crippen molar-refractivity contribution in [1.29, 1.82) is 0 Å². The lowest BCUT2D eigenvalue weighted by Gasteiger charge is -2.15. The molecule has 0 bridgehead atoms. The highest BCUT2D eigenvalue weighted by atomic mass is 16.5. The van der Waals surface area contributed by atoms with E-state index >= 15 is 0 Å². The van der Waals surface area contributed by atoms with E-state index in [1.165, 1.54) is 6.08 Å². The van der Waals surface area contributed by atoms with Gasteiger partial charge in [0.1, 0.15) is 0 Å². The van der Waals surface area contributed by atoms with Crippen molar-refractivity contribution in [2.75, 3.05) is 6.61 Å². The van der Waals surface area contributed by atoms with Gasteiger partial charge in [0.15, 0.2) is 11.5 Å². The summed E-state index contributed by atoms with van der Waals surface area (Å²) in [5.41, 5.74) is 0.853. The van der Waals surface area contributed by atoms with E-state index in [4.69, 9.17) is 9.84 Å². The highest BCUT2D eigenvalue weighted by molar-refractivity contribution is 6.23. The molecule has 0 aliphatic heterocycles. The molecule has 5 heteroatoms. The van der Waals surface area contributed by atoms with Crippen LogP contribution in [0.1, 0.15) is 78.5 Å². The Labute approximate surface area is 154 Å².